The van der Waals surface area contributed by atoms with Crippen LogP contribution in [0.1, 0.15) is 36.2 Å². The van der Waals surface area contributed by atoms with Crippen molar-refractivity contribution in [3.63, 3.8) is 0 Å². The van der Waals surface area contributed by atoms with Crippen LogP contribution in [0.2, 0.25) is 0 Å². The highest BCUT2D eigenvalue weighted by Gasteiger charge is 2.24. The third-order valence-corrected chi connectivity index (χ3v) is 6.01. The fraction of sp³-hybridized carbons (Fsp3) is 0.500. The summed E-state index contributed by atoms with van der Waals surface area (Å²) in [5, 5.41) is 19.3. The van der Waals surface area contributed by atoms with Crippen LogP contribution in [-0.2, 0) is 6.42 Å². The second-order valence-electron chi connectivity index (χ2n) is 7.22. The molecular formula is C22H33IN4OS. The lowest BCUT2D eigenvalue weighted by atomic mass is 10.1. The molecule has 2 aromatic rings. The van der Waals surface area contributed by atoms with Gasteiger partial charge in [0.2, 0.25) is 0 Å². The first-order chi connectivity index (χ1) is 13.8. The van der Waals surface area contributed by atoms with Crippen LogP contribution >= 0.6 is 35.3 Å². The molecule has 0 amide bonds. The molecule has 1 aliphatic heterocycles. The number of nitrogens with zero attached hydrogens (tertiary/aromatic N) is 2. The van der Waals surface area contributed by atoms with Gasteiger partial charge in [0.1, 0.15) is 0 Å². The maximum atomic E-state index is 10.4. The topological polar surface area (TPSA) is 59.9 Å². The van der Waals surface area contributed by atoms with Crippen molar-refractivity contribution in [2.45, 2.75) is 38.3 Å². The second kappa shape index (κ2) is 13.2. The van der Waals surface area contributed by atoms with Gasteiger partial charge in [-0.3, -0.25) is 9.89 Å². The average molecular weight is 529 g/mol. The molecule has 1 aliphatic rings. The Bertz CT molecular complexity index is 705. The molecule has 3 rings (SSSR count). The smallest absolute Gasteiger partial charge is 0.191 e. The molecule has 2 unspecified atom stereocenters. The van der Waals surface area contributed by atoms with Gasteiger partial charge in [-0.05, 0) is 49.9 Å². The molecule has 1 aromatic carbocycles. The molecule has 1 saturated heterocycles. The number of aliphatic imine (C=N–C) groups is 1. The summed E-state index contributed by atoms with van der Waals surface area (Å²) in [5.74, 6) is 0.773. The minimum Gasteiger partial charge on any atom is -0.391 e. The minimum absolute atomic E-state index is 0. The van der Waals surface area contributed by atoms with Crippen molar-refractivity contribution in [1.82, 2.24) is 15.5 Å². The summed E-state index contributed by atoms with van der Waals surface area (Å²) in [5.41, 5.74) is 1.13. The van der Waals surface area contributed by atoms with Crippen LogP contribution in [0.15, 0.2) is 52.8 Å². The SMILES string of the molecule is CCNC(=NCC(O)Cc1ccccc1)NCC(c1cccs1)N1CCCC1.I. The number of aliphatic hydroxyl groups excluding tert-OH is 1. The van der Waals surface area contributed by atoms with E-state index in [1.54, 1.807) is 0 Å². The molecule has 2 heterocycles. The highest BCUT2D eigenvalue weighted by molar-refractivity contribution is 14.0. The van der Waals surface area contributed by atoms with Gasteiger partial charge in [0.15, 0.2) is 5.96 Å². The van der Waals surface area contributed by atoms with Gasteiger partial charge >= 0.3 is 0 Å². The maximum Gasteiger partial charge on any atom is 0.191 e. The Balaban J connectivity index is 0.00000300. The van der Waals surface area contributed by atoms with E-state index >= 15 is 0 Å². The number of aliphatic hydroxyl groups is 1. The number of hydrogen-bond donors (Lipinski definition) is 3. The Morgan fingerprint density at radius 2 is 1.90 bits per heavy atom. The van der Waals surface area contributed by atoms with Crippen LogP contribution in [0.5, 0.6) is 0 Å². The lowest BCUT2D eigenvalue weighted by molar-refractivity contribution is 0.183. The summed E-state index contributed by atoms with van der Waals surface area (Å²) < 4.78 is 0. The molecule has 0 spiro atoms. The lowest BCUT2D eigenvalue weighted by Gasteiger charge is -2.27. The first-order valence-electron chi connectivity index (χ1n) is 10.3. The largest absolute Gasteiger partial charge is 0.391 e. The molecule has 2 atom stereocenters. The number of nitrogens with one attached hydrogen (secondary N) is 2. The predicted octanol–water partition coefficient (Wildman–Crippen LogP) is 3.66. The summed E-state index contributed by atoms with van der Waals surface area (Å²) in [6.07, 6.45) is 2.70. The zero-order valence-corrected chi connectivity index (χ0v) is 20.2. The standard InChI is InChI=1S/C22H32N4OS.HI/c1-2-23-22(24-16-19(27)15-18-9-4-3-5-10-18)25-17-20(21-11-8-14-28-21)26-12-6-7-13-26;/h3-5,8-11,14,19-20,27H,2,6-7,12-13,15-17H2,1H3,(H2,23,24,25);1H. The van der Waals surface area contributed by atoms with E-state index in [1.807, 2.05) is 41.7 Å². The Kier molecular flexibility index (Phi) is 11.0. The average Bonchev–Trinajstić information content (AvgIpc) is 3.42. The second-order valence-corrected chi connectivity index (χ2v) is 8.20. The molecule has 0 aliphatic carbocycles. The number of rotatable bonds is 9. The van der Waals surface area contributed by atoms with Crippen molar-refractivity contribution in [2.24, 2.45) is 4.99 Å². The molecule has 5 nitrogen and oxygen atoms in total. The van der Waals surface area contributed by atoms with Crippen LogP contribution in [0.25, 0.3) is 0 Å². The fourth-order valence-electron chi connectivity index (χ4n) is 3.63. The van der Waals surface area contributed by atoms with E-state index in [1.165, 1.54) is 17.7 Å². The molecule has 1 fully saturated rings. The molecule has 1 aromatic heterocycles. The molecule has 160 valence electrons. The third-order valence-electron chi connectivity index (χ3n) is 5.03. The van der Waals surface area contributed by atoms with Gasteiger partial charge < -0.3 is 15.7 Å². The van der Waals surface area contributed by atoms with Gasteiger partial charge in [-0.2, -0.15) is 0 Å². The van der Waals surface area contributed by atoms with Crippen LogP contribution in [0.3, 0.4) is 0 Å². The summed E-state index contributed by atoms with van der Waals surface area (Å²) in [7, 11) is 0. The third kappa shape index (κ3) is 7.88. The van der Waals surface area contributed by atoms with Crippen LogP contribution in [0, 0.1) is 0 Å². The molecule has 0 saturated carbocycles. The zero-order chi connectivity index (χ0) is 19.6. The van der Waals surface area contributed by atoms with Crippen LogP contribution in [-0.4, -0.2) is 54.8 Å². The monoisotopic (exact) mass is 528 g/mol. The van der Waals surface area contributed by atoms with Crippen molar-refractivity contribution >= 4 is 41.3 Å². The van der Waals surface area contributed by atoms with Gasteiger partial charge in [0.05, 0.1) is 18.7 Å². The van der Waals surface area contributed by atoms with E-state index in [0.29, 0.717) is 19.0 Å². The molecule has 29 heavy (non-hydrogen) atoms. The van der Waals surface area contributed by atoms with Crippen molar-refractivity contribution in [2.75, 3.05) is 32.7 Å². The number of benzene rings is 1. The lowest BCUT2D eigenvalue weighted by Crippen LogP contribution is -2.43. The number of halogens is 1. The van der Waals surface area contributed by atoms with Gasteiger partial charge in [-0.15, -0.1) is 35.3 Å². The number of hydrogen-bond acceptors (Lipinski definition) is 4. The molecule has 0 radical (unpaired) electrons. The summed E-state index contributed by atoms with van der Waals surface area (Å²) >= 11 is 1.82. The quantitative estimate of drug-likeness (QED) is 0.264. The Hall–Kier alpha value is -1.16. The summed E-state index contributed by atoms with van der Waals surface area (Å²) in [6.45, 7) is 6.39. The Morgan fingerprint density at radius 1 is 1.14 bits per heavy atom. The van der Waals surface area contributed by atoms with Gasteiger partial charge in [-0.1, -0.05) is 36.4 Å². The van der Waals surface area contributed by atoms with Crippen LogP contribution in [0.4, 0.5) is 0 Å². The minimum atomic E-state index is -0.482. The van der Waals surface area contributed by atoms with E-state index in [-0.39, 0.29) is 24.0 Å². The Labute approximate surface area is 195 Å². The van der Waals surface area contributed by atoms with E-state index in [9.17, 15) is 5.11 Å². The fourth-order valence-corrected chi connectivity index (χ4v) is 4.49. The highest BCUT2D eigenvalue weighted by atomic mass is 127. The molecule has 3 N–H and O–H groups in total. The molecular weight excluding hydrogens is 495 g/mol. The van der Waals surface area contributed by atoms with Gasteiger partial charge in [-0.25, -0.2) is 0 Å². The van der Waals surface area contributed by atoms with E-state index in [0.717, 1.165) is 37.7 Å². The summed E-state index contributed by atoms with van der Waals surface area (Å²) in [6, 6.07) is 14.8. The van der Waals surface area contributed by atoms with Crippen molar-refractivity contribution in [3.8, 4) is 0 Å². The van der Waals surface area contributed by atoms with Crippen molar-refractivity contribution in [1.29, 1.82) is 0 Å². The van der Waals surface area contributed by atoms with Crippen molar-refractivity contribution in [3.05, 3.63) is 58.3 Å². The summed E-state index contributed by atoms with van der Waals surface area (Å²) in [4.78, 5) is 8.58. The molecule has 7 heteroatoms. The van der Waals surface area contributed by atoms with E-state index < -0.39 is 6.10 Å². The van der Waals surface area contributed by atoms with Gasteiger partial charge in [0, 0.05) is 24.4 Å². The molecule has 0 bridgehead atoms. The zero-order valence-electron chi connectivity index (χ0n) is 17.1. The normalized spacial score (nSPS) is 16.8. The predicted molar refractivity (Wildman–Crippen MR) is 133 cm³/mol. The van der Waals surface area contributed by atoms with E-state index in [2.05, 4.69) is 45.0 Å². The highest BCUT2D eigenvalue weighted by Crippen LogP contribution is 2.27. The van der Waals surface area contributed by atoms with Crippen LogP contribution < -0.4 is 10.6 Å². The number of guanidine groups is 1. The first-order valence-corrected chi connectivity index (χ1v) is 11.2. The number of likely N-dealkylation sites (tertiary alicyclic amines) is 1. The number of thiophene rings is 1. The first kappa shape index (κ1) is 24.1. The van der Waals surface area contributed by atoms with Crippen molar-refractivity contribution < 1.29 is 5.11 Å². The Morgan fingerprint density at radius 3 is 2.55 bits per heavy atom. The van der Waals surface area contributed by atoms with E-state index in [4.69, 9.17) is 0 Å². The van der Waals surface area contributed by atoms with Gasteiger partial charge in [0.25, 0.3) is 0 Å². The maximum absolute atomic E-state index is 10.4.